The van der Waals surface area contributed by atoms with E-state index in [1.165, 1.54) is 101 Å². The Balaban J connectivity index is 0.000000224. The van der Waals surface area contributed by atoms with Gasteiger partial charge in [-0.15, -0.1) is 25.3 Å². The van der Waals surface area contributed by atoms with Gasteiger partial charge in [0.05, 0.1) is 73.2 Å². The van der Waals surface area contributed by atoms with Gasteiger partial charge in [0.25, 0.3) is 9.05 Å². The van der Waals surface area contributed by atoms with Crippen molar-refractivity contribution in [2.75, 3.05) is 114 Å². The third-order valence-corrected chi connectivity index (χ3v) is 24.5. The van der Waals surface area contributed by atoms with Crippen molar-refractivity contribution in [3.05, 3.63) is 121 Å². The van der Waals surface area contributed by atoms with Crippen LogP contribution >= 0.6 is 23.1 Å². The molecule has 512 valence electrons. The number of carbonyl (C=O) groups is 2. The third-order valence-electron chi connectivity index (χ3n) is 15.5. The largest absolute Gasteiger partial charge is 0.497 e. The summed E-state index contributed by atoms with van der Waals surface area (Å²) in [7, 11) is -5.69. The number of hydrogen-bond acceptors (Lipinski definition) is 21. The second kappa shape index (κ2) is 35.1. The fourth-order valence-corrected chi connectivity index (χ4v) is 17.4. The summed E-state index contributed by atoms with van der Waals surface area (Å²) in [5.74, 6) is 2.94. The number of carbonyl (C=O) groups excluding carboxylic acids is 2. The molecule has 32 heteroatoms. The molecule has 6 saturated heterocycles. The topological polar surface area (TPSA) is 306 Å². The molecule has 6 heterocycles. The predicted octanol–water partition coefficient (Wildman–Crippen LogP) is 5.98. The Bertz CT molecular complexity index is 3880. The Morgan fingerprint density at radius 3 is 1.10 bits per heavy atom. The average Bonchev–Trinajstić information content (AvgIpc) is 1.70. The van der Waals surface area contributed by atoms with Crippen LogP contribution in [0.1, 0.15) is 51.4 Å². The van der Waals surface area contributed by atoms with E-state index < -0.39 is 54.9 Å². The average molecular weight is 1430 g/mol. The highest BCUT2D eigenvalue weighted by molar-refractivity contribution is 8.13. The minimum absolute atomic E-state index is 0. The maximum atomic E-state index is 13.4. The molecule has 11 rings (SSSR count). The van der Waals surface area contributed by atoms with E-state index in [1.807, 2.05) is 0 Å². The summed E-state index contributed by atoms with van der Waals surface area (Å²) in [5.41, 5.74) is -1.39. The fourth-order valence-electron chi connectivity index (χ4n) is 10.4. The molecule has 0 bridgehead atoms. The predicted molar refractivity (Wildman–Crippen MR) is 351 cm³/mol. The number of nitrogens with zero attached hydrogens (tertiary/aromatic N) is 4. The molecule has 0 atom stereocenters. The van der Waals surface area contributed by atoms with Crippen LogP contribution < -0.4 is 34.3 Å². The highest BCUT2D eigenvalue weighted by atomic mass is 35.7. The lowest BCUT2D eigenvalue weighted by Gasteiger charge is -2.42. The molecule has 0 amide bonds. The number of terminal acetylenes is 1. The fraction of sp³-hybridized carbons (Fsp3) is 0.443. The van der Waals surface area contributed by atoms with E-state index in [2.05, 4.69) is 23.5 Å². The lowest BCUT2D eigenvalue weighted by atomic mass is 10.0. The van der Waals surface area contributed by atoms with Gasteiger partial charge in [-0.2, -0.15) is 17.2 Å². The number of nitrogens with one attached hydrogen (secondary N) is 2. The van der Waals surface area contributed by atoms with Crippen LogP contribution in [0, 0.1) is 12.8 Å². The number of rotatable bonds is 14. The third kappa shape index (κ3) is 20.5. The van der Waals surface area contributed by atoms with Gasteiger partial charge in [-0.3, -0.25) is 14.9 Å². The SMILES string of the molecule is C#C.COc1cccc(S(=O)(=O)Cl)c1.COc1cccc(S(=O)(=O)N2CCC(=O)CC2)c1.COc1cccc(S(=O)(=O)N2CCC3(CC2)NCCO3)c1.COc1cccc(S(=O)(=O)N2CCC3(CC2)OCCN3S(=O)(=O)c2cccc(OC)c2)c1.Cl.O=C1CCNCC1. The molecule has 0 unspecified atom stereocenters. The van der Waals surface area contributed by atoms with Gasteiger partial charge in [0, 0.05) is 158 Å². The van der Waals surface area contributed by atoms with E-state index in [0.29, 0.717) is 79.9 Å². The number of hydrogen-bond donors (Lipinski definition) is 2. The molecule has 6 fully saturated rings. The highest BCUT2D eigenvalue weighted by Crippen LogP contribution is 2.40. The number of sulfonamides is 4. The van der Waals surface area contributed by atoms with E-state index in [1.54, 1.807) is 72.8 Å². The van der Waals surface area contributed by atoms with Crippen molar-refractivity contribution in [2.24, 2.45) is 0 Å². The molecule has 2 N–H and O–H groups in total. The number of benzene rings is 5. The van der Waals surface area contributed by atoms with E-state index in [9.17, 15) is 51.7 Å². The lowest BCUT2D eigenvalue weighted by Crippen LogP contribution is -2.55. The molecule has 2 spiro atoms. The summed E-state index contributed by atoms with van der Waals surface area (Å²) < 4.78 is 167. The summed E-state index contributed by atoms with van der Waals surface area (Å²) in [6.07, 6.45) is 11.9. The molecule has 0 aromatic heterocycles. The van der Waals surface area contributed by atoms with Crippen molar-refractivity contribution in [3.63, 3.8) is 0 Å². The lowest BCUT2D eigenvalue weighted by molar-refractivity contribution is -0.121. The van der Waals surface area contributed by atoms with Crippen molar-refractivity contribution in [3.8, 4) is 41.6 Å². The molecule has 93 heavy (non-hydrogen) atoms. The Labute approximate surface area is 557 Å². The number of piperidine rings is 4. The zero-order valence-electron chi connectivity index (χ0n) is 52.2. The van der Waals surface area contributed by atoms with Gasteiger partial charge in [0.15, 0.2) is 0 Å². The van der Waals surface area contributed by atoms with Gasteiger partial charge in [0.1, 0.15) is 51.8 Å². The Morgan fingerprint density at radius 2 is 0.763 bits per heavy atom. The minimum Gasteiger partial charge on any atom is -0.497 e. The van der Waals surface area contributed by atoms with E-state index in [4.69, 9.17) is 43.8 Å². The molecule has 0 saturated carbocycles. The number of ketones is 2. The van der Waals surface area contributed by atoms with Crippen LogP contribution in [0.3, 0.4) is 0 Å². The van der Waals surface area contributed by atoms with Crippen LogP contribution in [0.5, 0.6) is 28.7 Å². The van der Waals surface area contributed by atoms with E-state index >= 15 is 0 Å². The first-order valence-electron chi connectivity index (χ1n) is 29.0. The van der Waals surface area contributed by atoms with E-state index in [0.717, 1.165) is 32.5 Å². The molecule has 5 aromatic carbocycles. The number of halogens is 2. The van der Waals surface area contributed by atoms with Crippen molar-refractivity contribution in [2.45, 2.75) is 87.3 Å². The summed E-state index contributed by atoms with van der Waals surface area (Å²) in [4.78, 5) is 22.3. The first-order valence-corrected chi connectivity index (χ1v) is 37.1. The van der Waals surface area contributed by atoms with Gasteiger partial charge in [-0.05, 0) is 60.7 Å². The molecule has 0 aliphatic carbocycles. The van der Waals surface area contributed by atoms with Crippen LogP contribution in [-0.4, -0.2) is 197 Å². The van der Waals surface area contributed by atoms with Gasteiger partial charge in [-0.1, -0.05) is 30.3 Å². The Hall–Kier alpha value is -5.99. The molecule has 6 aliphatic rings. The molecule has 6 aliphatic heterocycles. The first-order chi connectivity index (χ1) is 43.7. The summed E-state index contributed by atoms with van der Waals surface area (Å²) >= 11 is 0. The molecule has 5 aromatic rings. The number of ether oxygens (including phenoxy) is 7. The minimum atomic E-state index is -3.85. The smallest absolute Gasteiger partial charge is 0.261 e. The summed E-state index contributed by atoms with van der Waals surface area (Å²) in [6.45, 7) is 5.51. The monoisotopic (exact) mass is 1430 g/mol. The first kappa shape index (κ1) is 77.7. The van der Waals surface area contributed by atoms with Gasteiger partial charge in [0.2, 0.25) is 40.1 Å². The second-order valence-corrected chi connectivity index (χ2v) is 31.3. The number of Topliss-reactive ketones (excluding diaryl/α,β-unsaturated/α-hetero) is 2. The van der Waals surface area contributed by atoms with Crippen LogP contribution in [0.15, 0.2) is 146 Å². The quantitative estimate of drug-likeness (QED) is 0.0953. The van der Waals surface area contributed by atoms with Crippen LogP contribution in [-0.2, 0) is 68.2 Å². The van der Waals surface area contributed by atoms with Crippen molar-refractivity contribution in [1.82, 2.24) is 27.9 Å². The highest BCUT2D eigenvalue weighted by Gasteiger charge is 2.52. The standard InChI is InChI=1S/C21H26N2O7S2.C14H20N2O4S.C12H15NO4S.C7H7ClO3S.C5H9NO.C2H2.ClH/c1-28-17-5-3-7-19(15-17)31(24,25)22-11-9-21(10-12-22)23(13-14-30-21)32(26,27)20-8-4-6-18(16-20)29-2;1-19-12-3-2-4-13(11-12)21(17,18)16-8-5-14(6-9-16)15-7-10-20-14;1-17-11-3-2-4-12(9-11)18(15,16)13-7-5-10(14)6-8-13;1-11-6-3-2-4-7(5-6)12(8,9)10;7-5-1-3-6-4-2-5;1-2;/h3-8,15-16H,9-14H2,1-2H3;2-4,11,15H,5-10H2,1H3;2-4,9H,5-8H2,1H3;2-5H,1H3;6H,1-4H2;1-2H;1H. The summed E-state index contributed by atoms with van der Waals surface area (Å²) in [5, 5.41) is 6.43. The maximum absolute atomic E-state index is 13.4. The van der Waals surface area contributed by atoms with Crippen LogP contribution in [0.4, 0.5) is 0 Å². The second-order valence-electron chi connectivity index (χ2n) is 21.0. The molecule has 25 nitrogen and oxygen atoms in total. The molecular weight excluding hydrogens is 1350 g/mol. The van der Waals surface area contributed by atoms with E-state index in [-0.39, 0.29) is 101 Å². The zero-order valence-corrected chi connectivity index (χ0v) is 57.9. The Morgan fingerprint density at radius 1 is 0.430 bits per heavy atom. The van der Waals surface area contributed by atoms with Crippen LogP contribution in [0.2, 0.25) is 0 Å². The zero-order chi connectivity index (χ0) is 67.4. The van der Waals surface area contributed by atoms with Gasteiger partial charge < -0.3 is 38.5 Å². The normalized spacial score (nSPS) is 18.5. The van der Waals surface area contributed by atoms with Crippen LogP contribution in [0.25, 0.3) is 0 Å². The summed E-state index contributed by atoms with van der Waals surface area (Å²) in [6, 6.07) is 31.5. The van der Waals surface area contributed by atoms with Gasteiger partial charge >= 0.3 is 0 Å². The Kier molecular flexibility index (Phi) is 29.4. The van der Waals surface area contributed by atoms with Crippen molar-refractivity contribution >= 4 is 83.8 Å². The molecular formula is C61H80Cl2N6O19S5. The molecule has 0 radical (unpaired) electrons. The van der Waals surface area contributed by atoms with Crippen molar-refractivity contribution in [1.29, 1.82) is 0 Å². The van der Waals surface area contributed by atoms with Crippen molar-refractivity contribution < 1.29 is 84.8 Å². The maximum Gasteiger partial charge on any atom is 0.261 e. The number of methoxy groups -OCH3 is 5. The van der Waals surface area contributed by atoms with Gasteiger partial charge in [-0.25, -0.2) is 42.1 Å².